The van der Waals surface area contributed by atoms with Crippen LogP contribution in [0.4, 0.5) is 0 Å². The Labute approximate surface area is 77.2 Å². The number of primary amides is 1. The standard InChI is InChI=1S/C7H6BrN3O/c8-5-3-11-4(7(9)12)1-2-6(11)10-5/h1,3H,2H2,(H2,9,12). The number of allylic oxidation sites excluding steroid dienone is 1. The summed E-state index contributed by atoms with van der Waals surface area (Å²) < 4.78 is 2.43. The number of amides is 1. The van der Waals surface area contributed by atoms with E-state index < -0.39 is 5.91 Å². The fourth-order valence-electron chi connectivity index (χ4n) is 1.25. The topological polar surface area (TPSA) is 60.9 Å². The highest BCUT2D eigenvalue weighted by Gasteiger charge is 2.18. The van der Waals surface area contributed by atoms with Crippen LogP contribution < -0.4 is 5.73 Å². The molecule has 0 aromatic carbocycles. The Morgan fingerprint density at radius 3 is 3.17 bits per heavy atom. The second-order valence-electron chi connectivity index (χ2n) is 2.51. The molecule has 0 radical (unpaired) electrons. The van der Waals surface area contributed by atoms with E-state index in [2.05, 4.69) is 20.9 Å². The second kappa shape index (κ2) is 2.45. The van der Waals surface area contributed by atoms with Gasteiger partial charge in [-0.05, 0) is 22.0 Å². The summed E-state index contributed by atoms with van der Waals surface area (Å²) in [6.45, 7) is 0. The maximum atomic E-state index is 10.9. The van der Waals surface area contributed by atoms with Crippen molar-refractivity contribution in [3.05, 3.63) is 22.7 Å². The molecule has 1 aromatic heterocycles. The molecule has 0 unspecified atom stereocenters. The van der Waals surface area contributed by atoms with Crippen LogP contribution in [0.3, 0.4) is 0 Å². The molecule has 1 amide bonds. The Bertz CT molecular complexity index is 380. The van der Waals surface area contributed by atoms with Gasteiger partial charge in [-0.25, -0.2) is 4.98 Å². The molecule has 62 valence electrons. The first-order valence-corrected chi connectivity index (χ1v) is 4.22. The Morgan fingerprint density at radius 2 is 2.50 bits per heavy atom. The summed E-state index contributed by atoms with van der Waals surface area (Å²) in [5, 5.41) is 0. The lowest BCUT2D eigenvalue weighted by molar-refractivity contribution is -0.113. The highest BCUT2D eigenvalue weighted by Crippen LogP contribution is 2.21. The van der Waals surface area contributed by atoms with E-state index in [1.807, 2.05) is 0 Å². The minimum Gasteiger partial charge on any atom is -0.364 e. The van der Waals surface area contributed by atoms with E-state index in [1.165, 1.54) is 0 Å². The summed E-state index contributed by atoms with van der Waals surface area (Å²) in [6.07, 6.45) is 4.18. The maximum Gasteiger partial charge on any atom is 0.265 e. The summed E-state index contributed by atoms with van der Waals surface area (Å²) in [7, 11) is 0. The Hall–Kier alpha value is -1.10. The van der Waals surface area contributed by atoms with E-state index in [0.29, 0.717) is 12.1 Å². The second-order valence-corrected chi connectivity index (χ2v) is 3.32. The van der Waals surface area contributed by atoms with E-state index in [0.717, 1.165) is 10.4 Å². The number of hydrogen-bond donors (Lipinski definition) is 1. The molecule has 0 aliphatic carbocycles. The predicted molar refractivity (Wildman–Crippen MR) is 47.1 cm³/mol. The first-order chi connectivity index (χ1) is 5.68. The van der Waals surface area contributed by atoms with E-state index in [1.54, 1.807) is 16.8 Å². The third-order valence-electron chi connectivity index (χ3n) is 1.74. The first-order valence-electron chi connectivity index (χ1n) is 3.42. The highest BCUT2D eigenvalue weighted by atomic mass is 79.9. The van der Waals surface area contributed by atoms with Gasteiger partial charge in [-0.3, -0.25) is 9.36 Å². The van der Waals surface area contributed by atoms with Gasteiger partial charge < -0.3 is 5.73 Å². The van der Waals surface area contributed by atoms with Crippen molar-refractivity contribution in [1.29, 1.82) is 0 Å². The van der Waals surface area contributed by atoms with Gasteiger partial charge in [0.1, 0.15) is 16.1 Å². The molecule has 1 aliphatic rings. The quantitative estimate of drug-likeness (QED) is 0.761. The van der Waals surface area contributed by atoms with Gasteiger partial charge in [-0.1, -0.05) is 0 Å². The largest absolute Gasteiger partial charge is 0.364 e. The predicted octanol–water partition coefficient (Wildman–Crippen LogP) is 0.528. The summed E-state index contributed by atoms with van der Waals surface area (Å²) in [5.74, 6) is 0.425. The van der Waals surface area contributed by atoms with Crippen LogP contribution in [-0.4, -0.2) is 15.5 Å². The van der Waals surface area contributed by atoms with Crippen molar-refractivity contribution in [3.8, 4) is 0 Å². The number of aromatic nitrogens is 2. The monoisotopic (exact) mass is 227 g/mol. The van der Waals surface area contributed by atoms with Gasteiger partial charge in [0.25, 0.3) is 5.91 Å². The van der Waals surface area contributed by atoms with Crippen LogP contribution in [0.2, 0.25) is 0 Å². The highest BCUT2D eigenvalue weighted by molar-refractivity contribution is 9.10. The van der Waals surface area contributed by atoms with Crippen LogP contribution in [0.1, 0.15) is 5.82 Å². The van der Waals surface area contributed by atoms with Crippen molar-refractivity contribution < 1.29 is 4.79 Å². The molecule has 1 aromatic rings. The maximum absolute atomic E-state index is 10.9. The van der Waals surface area contributed by atoms with Crippen molar-refractivity contribution in [2.24, 2.45) is 5.73 Å². The van der Waals surface area contributed by atoms with Crippen LogP contribution >= 0.6 is 15.9 Å². The molecule has 0 spiro atoms. The molecule has 0 atom stereocenters. The number of carbonyl (C=O) groups excluding carboxylic acids is 1. The molecule has 0 bridgehead atoms. The van der Waals surface area contributed by atoms with E-state index >= 15 is 0 Å². The van der Waals surface area contributed by atoms with Crippen LogP contribution in [-0.2, 0) is 11.2 Å². The first kappa shape index (κ1) is 7.54. The number of rotatable bonds is 1. The Morgan fingerprint density at radius 1 is 1.75 bits per heavy atom. The van der Waals surface area contributed by atoms with Crippen molar-refractivity contribution >= 4 is 27.5 Å². The van der Waals surface area contributed by atoms with E-state index in [9.17, 15) is 4.79 Å². The zero-order valence-corrected chi connectivity index (χ0v) is 7.71. The van der Waals surface area contributed by atoms with E-state index in [-0.39, 0.29) is 0 Å². The number of fused-ring (bicyclic) bond motifs is 1. The molecule has 2 rings (SSSR count). The molecule has 2 heterocycles. The average Bonchev–Trinajstić information content (AvgIpc) is 2.43. The zero-order valence-electron chi connectivity index (χ0n) is 6.12. The van der Waals surface area contributed by atoms with Gasteiger partial charge in [0.15, 0.2) is 0 Å². The van der Waals surface area contributed by atoms with Gasteiger partial charge in [0.2, 0.25) is 0 Å². The lowest BCUT2D eigenvalue weighted by Gasteiger charge is -1.98. The molecule has 2 N–H and O–H groups in total. The summed E-state index contributed by atoms with van der Waals surface area (Å²) in [5.41, 5.74) is 5.65. The molecule has 4 nitrogen and oxygen atoms in total. The molecule has 0 saturated carbocycles. The van der Waals surface area contributed by atoms with Crippen molar-refractivity contribution in [3.63, 3.8) is 0 Å². The smallest absolute Gasteiger partial charge is 0.265 e. The number of imidazole rings is 1. The number of nitrogens with zero attached hydrogens (tertiary/aromatic N) is 2. The molecule has 0 fully saturated rings. The van der Waals surface area contributed by atoms with Gasteiger partial charge in [-0.2, -0.15) is 0 Å². The number of halogens is 1. The van der Waals surface area contributed by atoms with Crippen LogP contribution in [0.25, 0.3) is 5.70 Å². The molecule has 12 heavy (non-hydrogen) atoms. The molecule has 1 aliphatic heterocycles. The molecule has 0 saturated heterocycles. The van der Waals surface area contributed by atoms with Crippen molar-refractivity contribution in [2.45, 2.75) is 6.42 Å². The lowest BCUT2D eigenvalue weighted by atomic mass is 10.4. The van der Waals surface area contributed by atoms with Gasteiger partial charge in [0.05, 0.1) is 0 Å². The summed E-state index contributed by atoms with van der Waals surface area (Å²) in [4.78, 5) is 15.0. The Balaban J connectivity index is 2.50. The minimum atomic E-state index is -0.418. The van der Waals surface area contributed by atoms with Crippen molar-refractivity contribution in [1.82, 2.24) is 9.55 Å². The van der Waals surface area contributed by atoms with Crippen molar-refractivity contribution in [2.75, 3.05) is 0 Å². The van der Waals surface area contributed by atoms with E-state index in [4.69, 9.17) is 5.73 Å². The minimum absolute atomic E-state index is 0.418. The van der Waals surface area contributed by atoms with Crippen LogP contribution in [0, 0.1) is 0 Å². The van der Waals surface area contributed by atoms with Gasteiger partial charge in [0, 0.05) is 12.6 Å². The Kier molecular flexibility index (Phi) is 1.54. The fourth-order valence-corrected chi connectivity index (χ4v) is 1.65. The summed E-state index contributed by atoms with van der Waals surface area (Å²) in [6, 6.07) is 0. The molecule has 5 heteroatoms. The average molecular weight is 228 g/mol. The van der Waals surface area contributed by atoms with Crippen LogP contribution in [0.15, 0.2) is 16.9 Å². The SMILES string of the molecule is NC(=O)C1=CCc2nc(Br)cn21. The number of hydrogen-bond acceptors (Lipinski definition) is 2. The normalized spacial score (nSPS) is 14.2. The van der Waals surface area contributed by atoms with Gasteiger partial charge >= 0.3 is 0 Å². The van der Waals surface area contributed by atoms with Crippen LogP contribution in [0.5, 0.6) is 0 Å². The molecular weight excluding hydrogens is 222 g/mol. The third kappa shape index (κ3) is 0.972. The lowest BCUT2D eigenvalue weighted by Crippen LogP contribution is -2.15. The summed E-state index contributed by atoms with van der Waals surface area (Å²) >= 11 is 3.22. The molecular formula is C7H6BrN3O. The fraction of sp³-hybridized carbons (Fsp3) is 0.143. The number of nitrogens with two attached hydrogens (primary N) is 1. The van der Waals surface area contributed by atoms with Gasteiger partial charge in [-0.15, -0.1) is 0 Å². The number of carbonyl (C=O) groups is 1. The third-order valence-corrected chi connectivity index (χ3v) is 2.12. The zero-order chi connectivity index (χ0) is 8.72.